The van der Waals surface area contributed by atoms with E-state index >= 15 is 0 Å². The number of anilines is 1. The molecule has 1 aliphatic rings. The van der Waals surface area contributed by atoms with E-state index in [0.717, 1.165) is 4.88 Å². The number of piperazine rings is 1. The zero-order chi connectivity index (χ0) is 18.7. The maximum Gasteiger partial charge on any atom is 0.264 e. The Bertz CT molecular complexity index is 790. The van der Waals surface area contributed by atoms with Crippen LogP contribution in [0.5, 0.6) is 0 Å². The zero-order valence-corrected chi connectivity index (χ0v) is 16.6. The SMILES string of the molecule is CC(C(=O)Nc1ccc(Cl)cc1Cl)N1CCN(C(=O)c2cccs2)CC1. The van der Waals surface area contributed by atoms with E-state index in [0.29, 0.717) is 41.9 Å². The molecule has 138 valence electrons. The highest BCUT2D eigenvalue weighted by molar-refractivity contribution is 7.12. The van der Waals surface area contributed by atoms with Crippen LogP contribution in [-0.4, -0.2) is 53.8 Å². The van der Waals surface area contributed by atoms with Gasteiger partial charge in [-0.3, -0.25) is 14.5 Å². The second-order valence-corrected chi connectivity index (χ2v) is 7.89. The Morgan fingerprint density at radius 3 is 2.50 bits per heavy atom. The Morgan fingerprint density at radius 2 is 1.88 bits per heavy atom. The summed E-state index contributed by atoms with van der Waals surface area (Å²) in [6.45, 7) is 4.38. The number of nitrogens with one attached hydrogen (secondary N) is 1. The van der Waals surface area contributed by atoms with Gasteiger partial charge < -0.3 is 10.2 Å². The number of hydrogen-bond acceptors (Lipinski definition) is 4. The van der Waals surface area contributed by atoms with Crippen molar-refractivity contribution in [2.75, 3.05) is 31.5 Å². The Morgan fingerprint density at radius 1 is 1.15 bits per heavy atom. The lowest BCUT2D eigenvalue weighted by molar-refractivity contribution is -0.121. The molecule has 26 heavy (non-hydrogen) atoms. The van der Waals surface area contributed by atoms with Crippen molar-refractivity contribution in [2.24, 2.45) is 0 Å². The van der Waals surface area contributed by atoms with Crippen molar-refractivity contribution in [2.45, 2.75) is 13.0 Å². The molecule has 1 N–H and O–H groups in total. The summed E-state index contributed by atoms with van der Waals surface area (Å²) in [5, 5.41) is 5.67. The van der Waals surface area contributed by atoms with Gasteiger partial charge in [-0.2, -0.15) is 0 Å². The minimum absolute atomic E-state index is 0.0599. The third-order valence-electron chi connectivity index (χ3n) is 4.45. The second kappa shape index (κ2) is 8.39. The number of carbonyl (C=O) groups is 2. The molecule has 1 saturated heterocycles. The second-order valence-electron chi connectivity index (χ2n) is 6.09. The number of halogens is 2. The van der Waals surface area contributed by atoms with Gasteiger partial charge in [-0.25, -0.2) is 0 Å². The predicted molar refractivity (Wildman–Crippen MR) is 106 cm³/mol. The zero-order valence-electron chi connectivity index (χ0n) is 14.2. The number of nitrogens with zero attached hydrogens (tertiary/aromatic N) is 2. The van der Waals surface area contributed by atoms with E-state index in [2.05, 4.69) is 10.2 Å². The molecule has 1 aromatic heterocycles. The number of amides is 2. The lowest BCUT2D eigenvalue weighted by Gasteiger charge is -2.37. The molecule has 0 spiro atoms. The molecule has 1 unspecified atom stereocenters. The first-order valence-electron chi connectivity index (χ1n) is 8.28. The minimum atomic E-state index is -0.319. The lowest BCUT2D eigenvalue weighted by Crippen LogP contribution is -2.53. The van der Waals surface area contributed by atoms with E-state index in [1.165, 1.54) is 11.3 Å². The predicted octanol–water partition coefficient (Wildman–Crippen LogP) is 3.84. The van der Waals surface area contributed by atoms with Crippen molar-refractivity contribution in [3.05, 3.63) is 50.6 Å². The van der Waals surface area contributed by atoms with E-state index in [9.17, 15) is 9.59 Å². The van der Waals surface area contributed by atoms with Gasteiger partial charge in [0.2, 0.25) is 5.91 Å². The van der Waals surface area contributed by atoms with Gasteiger partial charge in [0.15, 0.2) is 0 Å². The first-order chi connectivity index (χ1) is 12.5. The molecule has 0 aliphatic carbocycles. The molecule has 1 aliphatic heterocycles. The van der Waals surface area contributed by atoms with E-state index in [-0.39, 0.29) is 17.9 Å². The Balaban J connectivity index is 1.55. The number of benzene rings is 1. The maximum absolute atomic E-state index is 12.5. The highest BCUT2D eigenvalue weighted by Gasteiger charge is 2.28. The van der Waals surface area contributed by atoms with Crippen LogP contribution in [0.1, 0.15) is 16.6 Å². The van der Waals surface area contributed by atoms with Crippen molar-refractivity contribution < 1.29 is 9.59 Å². The molecule has 1 aromatic carbocycles. The molecule has 3 rings (SSSR count). The average molecular weight is 412 g/mol. The van der Waals surface area contributed by atoms with E-state index < -0.39 is 0 Å². The summed E-state index contributed by atoms with van der Waals surface area (Å²) in [5.41, 5.74) is 0.541. The fourth-order valence-electron chi connectivity index (χ4n) is 2.86. The molecule has 0 bridgehead atoms. The number of carbonyl (C=O) groups excluding carboxylic acids is 2. The number of hydrogen-bond donors (Lipinski definition) is 1. The van der Waals surface area contributed by atoms with E-state index in [1.54, 1.807) is 18.2 Å². The van der Waals surface area contributed by atoms with E-state index in [4.69, 9.17) is 23.2 Å². The topological polar surface area (TPSA) is 52.7 Å². The van der Waals surface area contributed by atoms with Crippen LogP contribution in [0.15, 0.2) is 35.7 Å². The van der Waals surface area contributed by atoms with Crippen molar-refractivity contribution in [1.29, 1.82) is 0 Å². The monoisotopic (exact) mass is 411 g/mol. The van der Waals surface area contributed by atoms with Crippen LogP contribution < -0.4 is 5.32 Å². The summed E-state index contributed by atoms with van der Waals surface area (Å²) in [6, 6.07) is 8.36. The molecule has 5 nitrogen and oxygen atoms in total. The van der Waals surface area contributed by atoms with Gasteiger partial charge >= 0.3 is 0 Å². The smallest absolute Gasteiger partial charge is 0.264 e. The molecule has 0 radical (unpaired) electrons. The normalized spacial score (nSPS) is 16.3. The summed E-state index contributed by atoms with van der Waals surface area (Å²) in [6.07, 6.45) is 0. The summed E-state index contributed by atoms with van der Waals surface area (Å²) in [7, 11) is 0. The maximum atomic E-state index is 12.5. The summed E-state index contributed by atoms with van der Waals surface area (Å²) in [4.78, 5) is 29.6. The fraction of sp³-hybridized carbons (Fsp3) is 0.333. The van der Waals surface area contributed by atoms with Gasteiger partial charge in [0.05, 0.1) is 21.6 Å². The Hall–Kier alpha value is -1.60. The van der Waals surface area contributed by atoms with Gasteiger partial charge in [0.25, 0.3) is 5.91 Å². The van der Waals surface area contributed by atoms with Crippen molar-refractivity contribution >= 4 is 52.0 Å². The highest BCUT2D eigenvalue weighted by Crippen LogP contribution is 2.25. The number of thiophene rings is 1. The van der Waals surface area contributed by atoms with Crippen LogP contribution in [0.25, 0.3) is 0 Å². The lowest BCUT2D eigenvalue weighted by atomic mass is 10.2. The fourth-order valence-corrected chi connectivity index (χ4v) is 4.01. The molecule has 8 heteroatoms. The molecular weight excluding hydrogens is 393 g/mol. The average Bonchev–Trinajstić information content (AvgIpc) is 3.17. The van der Waals surface area contributed by atoms with Crippen molar-refractivity contribution in [3.8, 4) is 0 Å². The summed E-state index contributed by atoms with van der Waals surface area (Å²) < 4.78 is 0. The molecular formula is C18H19Cl2N3O2S. The van der Waals surface area contributed by atoms with Gasteiger partial charge in [-0.1, -0.05) is 29.3 Å². The van der Waals surface area contributed by atoms with Crippen molar-refractivity contribution in [1.82, 2.24) is 9.80 Å². The molecule has 0 saturated carbocycles. The minimum Gasteiger partial charge on any atom is -0.335 e. The molecule has 2 heterocycles. The van der Waals surface area contributed by atoms with Crippen molar-refractivity contribution in [3.63, 3.8) is 0 Å². The summed E-state index contributed by atoms with van der Waals surface area (Å²) in [5.74, 6) is -0.0723. The van der Waals surface area contributed by atoms with Crippen LogP contribution in [0.2, 0.25) is 10.0 Å². The summed E-state index contributed by atoms with van der Waals surface area (Å²) >= 11 is 13.4. The first-order valence-corrected chi connectivity index (χ1v) is 9.92. The van der Waals surface area contributed by atoms with E-state index in [1.807, 2.05) is 29.3 Å². The number of rotatable bonds is 4. The van der Waals surface area contributed by atoms with Crippen LogP contribution in [0, 0.1) is 0 Å². The largest absolute Gasteiger partial charge is 0.335 e. The highest BCUT2D eigenvalue weighted by atomic mass is 35.5. The Kier molecular flexibility index (Phi) is 6.19. The molecule has 1 atom stereocenters. The molecule has 1 fully saturated rings. The van der Waals surface area contributed by atoms with Crippen LogP contribution in [-0.2, 0) is 4.79 Å². The third kappa shape index (κ3) is 4.38. The Labute approximate surface area is 166 Å². The van der Waals surface area contributed by atoms with Gasteiger partial charge in [0, 0.05) is 31.2 Å². The van der Waals surface area contributed by atoms with Gasteiger partial charge in [0.1, 0.15) is 0 Å². The quantitative estimate of drug-likeness (QED) is 0.831. The standard InChI is InChI=1S/C18H19Cl2N3O2S/c1-12(17(24)21-15-5-4-13(19)11-14(15)20)22-6-8-23(9-7-22)18(25)16-3-2-10-26-16/h2-5,10-12H,6-9H2,1H3,(H,21,24). The van der Waals surface area contributed by atoms with Crippen LogP contribution >= 0.6 is 34.5 Å². The van der Waals surface area contributed by atoms with Crippen LogP contribution in [0.3, 0.4) is 0 Å². The third-order valence-corrected chi connectivity index (χ3v) is 5.86. The molecule has 2 aromatic rings. The van der Waals surface area contributed by atoms with Gasteiger partial charge in [-0.05, 0) is 36.6 Å². The van der Waals surface area contributed by atoms with Gasteiger partial charge in [-0.15, -0.1) is 11.3 Å². The molecule has 2 amide bonds. The first kappa shape index (κ1) is 19.2. The van der Waals surface area contributed by atoms with Crippen LogP contribution in [0.4, 0.5) is 5.69 Å².